The molecule has 2 atom stereocenters. The van der Waals surface area contributed by atoms with Crippen LogP contribution < -0.4 is 5.32 Å². The SMILES string of the molecule is CC(O)C(C)NCCCCN(C)C. The average molecular weight is 188 g/mol. The fraction of sp³-hybridized carbons (Fsp3) is 1.00. The monoisotopic (exact) mass is 188 g/mol. The van der Waals surface area contributed by atoms with Gasteiger partial charge in [-0.2, -0.15) is 0 Å². The van der Waals surface area contributed by atoms with Crippen LogP contribution in [0.15, 0.2) is 0 Å². The quantitative estimate of drug-likeness (QED) is 0.577. The van der Waals surface area contributed by atoms with E-state index in [1.54, 1.807) is 0 Å². The number of unbranched alkanes of at least 4 members (excludes halogenated alkanes) is 1. The Hall–Kier alpha value is -0.120. The van der Waals surface area contributed by atoms with Gasteiger partial charge in [0.2, 0.25) is 0 Å². The molecule has 0 aliphatic rings. The summed E-state index contributed by atoms with van der Waals surface area (Å²) in [5.74, 6) is 0. The Kier molecular flexibility index (Phi) is 7.23. The van der Waals surface area contributed by atoms with Crippen molar-refractivity contribution >= 4 is 0 Å². The highest BCUT2D eigenvalue weighted by Gasteiger charge is 2.05. The molecule has 0 saturated heterocycles. The Labute approximate surface area is 82.1 Å². The summed E-state index contributed by atoms with van der Waals surface area (Å²) >= 11 is 0. The van der Waals surface area contributed by atoms with Gasteiger partial charge in [0.15, 0.2) is 0 Å². The largest absolute Gasteiger partial charge is 0.392 e. The smallest absolute Gasteiger partial charge is 0.0662 e. The summed E-state index contributed by atoms with van der Waals surface area (Å²) in [6, 6.07) is 0.208. The Balaban J connectivity index is 3.16. The maximum Gasteiger partial charge on any atom is 0.0662 e. The molecule has 80 valence electrons. The van der Waals surface area contributed by atoms with Crippen molar-refractivity contribution in [2.75, 3.05) is 27.2 Å². The predicted molar refractivity (Wildman–Crippen MR) is 56.9 cm³/mol. The van der Waals surface area contributed by atoms with Crippen LogP contribution in [-0.4, -0.2) is 49.3 Å². The first-order chi connectivity index (χ1) is 6.04. The molecule has 2 unspecified atom stereocenters. The highest BCUT2D eigenvalue weighted by molar-refractivity contribution is 4.65. The van der Waals surface area contributed by atoms with E-state index >= 15 is 0 Å². The van der Waals surface area contributed by atoms with Crippen LogP contribution in [0.2, 0.25) is 0 Å². The van der Waals surface area contributed by atoms with Gasteiger partial charge in [-0.25, -0.2) is 0 Å². The molecule has 0 fully saturated rings. The lowest BCUT2D eigenvalue weighted by molar-refractivity contribution is 0.152. The third-order valence-corrected chi connectivity index (χ3v) is 2.22. The first-order valence-corrected chi connectivity index (χ1v) is 5.10. The Morgan fingerprint density at radius 3 is 2.31 bits per heavy atom. The van der Waals surface area contributed by atoms with E-state index in [2.05, 4.69) is 24.3 Å². The minimum Gasteiger partial charge on any atom is -0.392 e. The van der Waals surface area contributed by atoms with Crippen LogP contribution in [0.5, 0.6) is 0 Å². The van der Waals surface area contributed by atoms with Crippen molar-refractivity contribution in [2.45, 2.75) is 38.8 Å². The molecule has 0 aliphatic heterocycles. The van der Waals surface area contributed by atoms with Gasteiger partial charge in [-0.1, -0.05) is 0 Å². The number of hydrogen-bond acceptors (Lipinski definition) is 3. The second-order valence-electron chi connectivity index (χ2n) is 3.99. The van der Waals surface area contributed by atoms with E-state index in [0.717, 1.165) is 13.1 Å². The third-order valence-electron chi connectivity index (χ3n) is 2.22. The normalized spacial score (nSPS) is 16.2. The molecule has 0 radical (unpaired) electrons. The van der Waals surface area contributed by atoms with E-state index in [4.69, 9.17) is 0 Å². The molecule has 2 N–H and O–H groups in total. The zero-order valence-electron chi connectivity index (χ0n) is 9.38. The van der Waals surface area contributed by atoms with E-state index in [1.165, 1.54) is 12.8 Å². The number of nitrogens with one attached hydrogen (secondary N) is 1. The summed E-state index contributed by atoms with van der Waals surface area (Å²) in [4.78, 5) is 2.19. The summed E-state index contributed by atoms with van der Waals surface area (Å²) in [5.41, 5.74) is 0. The van der Waals surface area contributed by atoms with Crippen molar-refractivity contribution in [2.24, 2.45) is 0 Å². The number of nitrogens with zero attached hydrogens (tertiary/aromatic N) is 1. The molecular weight excluding hydrogens is 164 g/mol. The van der Waals surface area contributed by atoms with E-state index < -0.39 is 0 Å². The van der Waals surface area contributed by atoms with Gasteiger partial charge in [0.1, 0.15) is 0 Å². The molecule has 3 heteroatoms. The molecule has 0 spiro atoms. The fourth-order valence-electron chi connectivity index (χ4n) is 1.05. The van der Waals surface area contributed by atoms with Gasteiger partial charge in [-0.15, -0.1) is 0 Å². The number of aliphatic hydroxyl groups excluding tert-OH is 1. The molecule has 0 aromatic carbocycles. The first kappa shape index (κ1) is 12.9. The van der Waals surface area contributed by atoms with Gasteiger partial charge < -0.3 is 15.3 Å². The Bertz CT molecular complexity index is 115. The fourth-order valence-corrected chi connectivity index (χ4v) is 1.05. The summed E-state index contributed by atoms with van der Waals surface area (Å²) < 4.78 is 0. The highest BCUT2D eigenvalue weighted by Crippen LogP contribution is 1.93. The van der Waals surface area contributed by atoms with E-state index in [9.17, 15) is 5.11 Å². The van der Waals surface area contributed by atoms with Crippen LogP contribution in [0.25, 0.3) is 0 Å². The molecule has 13 heavy (non-hydrogen) atoms. The Morgan fingerprint density at radius 2 is 1.85 bits per heavy atom. The molecule has 3 nitrogen and oxygen atoms in total. The third kappa shape index (κ3) is 8.22. The van der Waals surface area contributed by atoms with Crippen LogP contribution in [0, 0.1) is 0 Å². The van der Waals surface area contributed by atoms with Gasteiger partial charge in [-0.05, 0) is 53.9 Å². The molecule has 0 bridgehead atoms. The molecule has 0 rings (SSSR count). The van der Waals surface area contributed by atoms with Gasteiger partial charge in [0.25, 0.3) is 0 Å². The van der Waals surface area contributed by atoms with Crippen LogP contribution in [0.3, 0.4) is 0 Å². The van der Waals surface area contributed by atoms with Crippen LogP contribution >= 0.6 is 0 Å². The molecular formula is C10H24N2O. The molecule has 0 heterocycles. The summed E-state index contributed by atoms with van der Waals surface area (Å²) in [6.45, 7) is 5.97. The van der Waals surface area contributed by atoms with Crippen molar-refractivity contribution in [1.82, 2.24) is 10.2 Å². The topological polar surface area (TPSA) is 35.5 Å². The number of aliphatic hydroxyl groups is 1. The van der Waals surface area contributed by atoms with Crippen LogP contribution in [0.1, 0.15) is 26.7 Å². The predicted octanol–water partition coefficient (Wildman–Crippen LogP) is 0.687. The molecule has 0 saturated carbocycles. The zero-order valence-corrected chi connectivity index (χ0v) is 9.38. The summed E-state index contributed by atoms with van der Waals surface area (Å²) in [6.07, 6.45) is 2.13. The number of rotatable bonds is 7. The van der Waals surface area contributed by atoms with Crippen molar-refractivity contribution in [1.29, 1.82) is 0 Å². The minimum absolute atomic E-state index is 0.208. The van der Waals surface area contributed by atoms with Crippen molar-refractivity contribution in [3.63, 3.8) is 0 Å². The first-order valence-electron chi connectivity index (χ1n) is 5.10. The lowest BCUT2D eigenvalue weighted by atomic mass is 10.2. The van der Waals surface area contributed by atoms with E-state index in [1.807, 2.05) is 13.8 Å². The molecule has 0 aliphatic carbocycles. The van der Waals surface area contributed by atoms with Crippen LogP contribution in [-0.2, 0) is 0 Å². The van der Waals surface area contributed by atoms with E-state index in [-0.39, 0.29) is 12.1 Å². The van der Waals surface area contributed by atoms with Crippen molar-refractivity contribution in [3.8, 4) is 0 Å². The van der Waals surface area contributed by atoms with Crippen LogP contribution in [0.4, 0.5) is 0 Å². The van der Waals surface area contributed by atoms with Crippen molar-refractivity contribution in [3.05, 3.63) is 0 Å². The Morgan fingerprint density at radius 1 is 1.23 bits per heavy atom. The van der Waals surface area contributed by atoms with Gasteiger partial charge >= 0.3 is 0 Å². The summed E-state index contributed by atoms with van der Waals surface area (Å²) in [5, 5.41) is 12.5. The lowest BCUT2D eigenvalue weighted by Gasteiger charge is -2.16. The summed E-state index contributed by atoms with van der Waals surface area (Å²) in [7, 11) is 4.18. The molecule has 0 amide bonds. The second-order valence-corrected chi connectivity index (χ2v) is 3.99. The minimum atomic E-state index is -0.256. The second kappa shape index (κ2) is 7.30. The van der Waals surface area contributed by atoms with E-state index in [0.29, 0.717) is 0 Å². The van der Waals surface area contributed by atoms with Gasteiger partial charge in [0.05, 0.1) is 6.10 Å². The molecule has 0 aromatic heterocycles. The van der Waals surface area contributed by atoms with Gasteiger partial charge in [-0.3, -0.25) is 0 Å². The standard InChI is InChI=1S/C10H24N2O/c1-9(10(2)13)11-7-5-6-8-12(3)4/h9-11,13H,5-8H2,1-4H3. The van der Waals surface area contributed by atoms with Crippen molar-refractivity contribution < 1.29 is 5.11 Å². The van der Waals surface area contributed by atoms with Gasteiger partial charge in [0, 0.05) is 6.04 Å². The number of hydrogen-bond donors (Lipinski definition) is 2. The lowest BCUT2D eigenvalue weighted by Crippen LogP contribution is -2.36. The average Bonchev–Trinajstić information content (AvgIpc) is 2.02. The maximum absolute atomic E-state index is 9.19. The highest BCUT2D eigenvalue weighted by atomic mass is 16.3. The maximum atomic E-state index is 9.19. The molecule has 0 aromatic rings. The zero-order chi connectivity index (χ0) is 10.3.